The van der Waals surface area contributed by atoms with Crippen LogP contribution in [0.1, 0.15) is 52.9 Å². The van der Waals surface area contributed by atoms with Crippen LogP contribution in [0.25, 0.3) is 0 Å². The fourth-order valence-electron chi connectivity index (χ4n) is 6.96. The van der Waals surface area contributed by atoms with E-state index in [1.807, 2.05) is 6.08 Å². The van der Waals surface area contributed by atoms with E-state index in [0.717, 1.165) is 19.3 Å². The first-order chi connectivity index (χ1) is 13.6. The Morgan fingerprint density at radius 3 is 2.69 bits per heavy atom. The number of rotatable bonds is 3. The van der Waals surface area contributed by atoms with E-state index >= 15 is 0 Å². The Kier molecular flexibility index (Phi) is 5.18. The number of fused-ring (bicyclic) bond motifs is 5. The molecule has 7 atom stereocenters. The number of allylic oxidation sites excluding steroid dienone is 3. The van der Waals surface area contributed by atoms with E-state index in [-0.39, 0.29) is 40.3 Å². The summed E-state index contributed by atoms with van der Waals surface area (Å²) in [6, 6.07) is 0. The van der Waals surface area contributed by atoms with E-state index in [9.17, 15) is 19.5 Å². The van der Waals surface area contributed by atoms with Gasteiger partial charge >= 0.3 is 5.97 Å². The van der Waals surface area contributed by atoms with E-state index in [0.29, 0.717) is 24.3 Å². The van der Waals surface area contributed by atoms with Gasteiger partial charge in [-0.15, -0.1) is 0 Å². The van der Waals surface area contributed by atoms with Crippen molar-refractivity contribution >= 4 is 33.5 Å². The van der Waals surface area contributed by atoms with Crippen LogP contribution >= 0.6 is 15.9 Å². The lowest BCUT2D eigenvalue weighted by atomic mass is 9.46. The Morgan fingerprint density at radius 1 is 1.28 bits per heavy atom. The minimum absolute atomic E-state index is 0.0880. The topological polar surface area (TPSA) is 80.7 Å². The second-order valence-electron chi connectivity index (χ2n) is 9.74. The van der Waals surface area contributed by atoms with E-state index in [1.165, 1.54) is 12.5 Å². The van der Waals surface area contributed by atoms with Gasteiger partial charge in [0, 0.05) is 17.9 Å². The Morgan fingerprint density at radius 2 is 2.00 bits per heavy atom. The second kappa shape index (κ2) is 7.16. The minimum Gasteiger partial charge on any atom is -0.457 e. The van der Waals surface area contributed by atoms with Gasteiger partial charge in [-0.05, 0) is 61.3 Å². The average molecular weight is 465 g/mol. The summed E-state index contributed by atoms with van der Waals surface area (Å²) in [6.45, 7) is 5.37. The van der Waals surface area contributed by atoms with Crippen LogP contribution in [-0.2, 0) is 19.1 Å². The molecule has 4 aliphatic rings. The predicted octanol–water partition coefficient (Wildman–Crippen LogP) is 3.53. The Bertz CT molecular complexity index is 829. The van der Waals surface area contributed by atoms with Crippen LogP contribution in [0.4, 0.5) is 0 Å². The number of alkyl halides is 1. The Balaban J connectivity index is 1.63. The molecule has 5 nitrogen and oxygen atoms in total. The molecule has 1 unspecified atom stereocenters. The first-order valence-corrected chi connectivity index (χ1v) is 11.4. The molecule has 0 aromatic carbocycles. The van der Waals surface area contributed by atoms with Crippen molar-refractivity contribution in [3.63, 3.8) is 0 Å². The maximum absolute atomic E-state index is 12.8. The summed E-state index contributed by atoms with van der Waals surface area (Å²) in [5.74, 6) is 0.198. The highest BCUT2D eigenvalue weighted by Gasteiger charge is 2.61. The van der Waals surface area contributed by atoms with Crippen LogP contribution in [0.2, 0.25) is 0 Å². The zero-order valence-electron chi connectivity index (χ0n) is 17.2. The lowest BCUT2D eigenvalue weighted by molar-refractivity contribution is -0.146. The number of carbonyl (C=O) groups is 3. The monoisotopic (exact) mass is 464 g/mol. The number of hydrogen-bond acceptors (Lipinski definition) is 5. The van der Waals surface area contributed by atoms with E-state index < -0.39 is 17.5 Å². The van der Waals surface area contributed by atoms with Gasteiger partial charge < -0.3 is 9.84 Å². The Hall–Kier alpha value is -1.27. The predicted molar refractivity (Wildman–Crippen MR) is 111 cm³/mol. The third kappa shape index (κ3) is 3.18. The summed E-state index contributed by atoms with van der Waals surface area (Å²) in [5, 5.41) is 11.3. The van der Waals surface area contributed by atoms with Crippen molar-refractivity contribution < 1.29 is 24.2 Å². The van der Waals surface area contributed by atoms with Gasteiger partial charge in [0.15, 0.2) is 18.2 Å². The van der Waals surface area contributed by atoms with Gasteiger partial charge in [0.25, 0.3) is 0 Å². The van der Waals surface area contributed by atoms with E-state index in [4.69, 9.17) is 4.74 Å². The van der Waals surface area contributed by atoms with Crippen molar-refractivity contribution in [1.29, 1.82) is 0 Å². The van der Waals surface area contributed by atoms with Crippen molar-refractivity contribution in [2.45, 2.75) is 63.8 Å². The van der Waals surface area contributed by atoms with Crippen molar-refractivity contribution in [1.82, 2.24) is 0 Å². The fourth-order valence-corrected chi connectivity index (χ4v) is 7.76. The lowest BCUT2D eigenvalue weighted by Gasteiger charge is -2.59. The molecule has 0 heterocycles. The zero-order valence-corrected chi connectivity index (χ0v) is 18.8. The highest BCUT2D eigenvalue weighted by Crippen LogP contribution is 2.65. The largest absolute Gasteiger partial charge is 0.457 e. The number of hydrogen-bond donors (Lipinski definition) is 1. The SMILES string of the molecule is CC(=O)OCC(=O)C1=CC[C@H]2[C@@H]3CCC4=CC(=O)C(Br)C[C@]4(C)[C@H]3[C@H](O)C[C@]12C. The number of esters is 1. The van der Waals surface area contributed by atoms with Crippen LogP contribution in [0.3, 0.4) is 0 Å². The summed E-state index contributed by atoms with van der Waals surface area (Å²) in [5.41, 5.74) is 1.30. The van der Waals surface area contributed by atoms with Crippen molar-refractivity contribution in [3.05, 3.63) is 23.3 Å². The lowest BCUT2D eigenvalue weighted by Crippen LogP contribution is -2.57. The van der Waals surface area contributed by atoms with Crippen LogP contribution in [-0.4, -0.2) is 40.2 Å². The van der Waals surface area contributed by atoms with Crippen LogP contribution in [0, 0.1) is 28.6 Å². The van der Waals surface area contributed by atoms with Gasteiger partial charge in [0.05, 0.1) is 10.9 Å². The molecule has 0 radical (unpaired) electrons. The molecule has 4 rings (SSSR count). The van der Waals surface area contributed by atoms with Crippen LogP contribution < -0.4 is 0 Å². The van der Waals surface area contributed by atoms with Gasteiger partial charge in [-0.1, -0.05) is 41.4 Å². The number of aliphatic hydroxyl groups excluding tert-OH is 1. The molecule has 2 saturated carbocycles. The molecule has 2 fully saturated rings. The van der Waals surface area contributed by atoms with Gasteiger partial charge in [0.1, 0.15) is 0 Å². The number of ether oxygens (including phenoxy) is 1. The summed E-state index contributed by atoms with van der Waals surface area (Å²) >= 11 is 3.54. The number of ketones is 2. The molecule has 0 saturated heterocycles. The highest BCUT2D eigenvalue weighted by atomic mass is 79.9. The number of Topliss-reactive ketones (excluding diaryl/α,β-unsaturated/α-hetero) is 1. The van der Waals surface area contributed by atoms with Gasteiger partial charge in [-0.25, -0.2) is 0 Å². The third-order valence-electron chi connectivity index (χ3n) is 8.19. The minimum atomic E-state index is -0.536. The third-order valence-corrected chi connectivity index (χ3v) is 8.96. The normalized spacial score (nSPS) is 43.5. The maximum atomic E-state index is 12.8. The summed E-state index contributed by atoms with van der Waals surface area (Å²) in [6.07, 6.45) is 7.15. The molecule has 0 aromatic heterocycles. The molecule has 0 spiro atoms. The quantitative estimate of drug-likeness (QED) is 0.510. The molecule has 0 amide bonds. The summed E-state index contributed by atoms with van der Waals surface area (Å²) in [4.78, 5) is 35.9. The summed E-state index contributed by atoms with van der Waals surface area (Å²) in [7, 11) is 0. The molecular formula is C23H29BrO5. The molecule has 0 aromatic rings. The molecule has 4 aliphatic carbocycles. The molecule has 1 N–H and O–H groups in total. The van der Waals surface area contributed by atoms with Crippen LogP contribution in [0.5, 0.6) is 0 Å². The van der Waals surface area contributed by atoms with Gasteiger partial charge in [-0.2, -0.15) is 0 Å². The van der Waals surface area contributed by atoms with Crippen LogP contribution in [0.15, 0.2) is 23.3 Å². The highest BCUT2D eigenvalue weighted by molar-refractivity contribution is 9.10. The molecule has 0 aliphatic heterocycles. The first-order valence-electron chi connectivity index (χ1n) is 10.5. The second-order valence-corrected chi connectivity index (χ2v) is 10.8. The smallest absolute Gasteiger partial charge is 0.303 e. The van der Waals surface area contributed by atoms with Crippen molar-refractivity contribution in [3.8, 4) is 0 Å². The van der Waals surface area contributed by atoms with E-state index in [1.54, 1.807) is 6.08 Å². The molecule has 0 bridgehead atoms. The first kappa shape index (κ1) is 21.0. The fraction of sp³-hybridized carbons (Fsp3) is 0.696. The Labute approximate surface area is 180 Å². The van der Waals surface area contributed by atoms with Gasteiger partial charge in [-0.3, -0.25) is 14.4 Å². The molecule has 158 valence electrons. The zero-order chi connectivity index (χ0) is 21.1. The van der Waals surface area contributed by atoms with Gasteiger partial charge in [0.2, 0.25) is 0 Å². The number of aliphatic hydroxyl groups is 1. The molecule has 29 heavy (non-hydrogen) atoms. The molecule has 6 heteroatoms. The van der Waals surface area contributed by atoms with Crippen molar-refractivity contribution in [2.75, 3.05) is 6.61 Å². The molecular weight excluding hydrogens is 436 g/mol. The number of halogens is 1. The maximum Gasteiger partial charge on any atom is 0.303 e. The average Bonchev–Trinajstić information content (AvgIpc) is 2.97. The van der Waals surface area contributed by atoms with E-state index in [2.05, 4.69) is 29.8 Å². The standard InChI is InChI=1S/C23H29BrO5/c1-12(25)29-11-20(28)16-7-6-15-14-5-4-13-8-18(26)17(24)9-22(13,2)21(14)19(27)10-23(15,16)3/h7-8,14-15,17,19,21,27H,4-6,9-11H2,1-3H3/t14-,15-,17?,19+,21+,22-,23-/m0/s1. The number of carbonyl (C=O) groups excluding carboxylic acids is 3. The summed E-state index contributed by atoms with van der Waals surface area (Å²) < 4.78 is 4.95. The van der Waals surface area contributed by atoms with Crippen molar-refractivity contribution in [2.24, 2.45) is 28.6 Å².